The van der Waals surface area contributed by atoms with Crippen LogP contribution in [0.15, 0.2) is 71.9 Å². The highest BCUT2D eigenvalue weighted by Gasteiger charge is 2.35. The van der Waals surface area contributed by atoms with Gasteiger partial charge in [0, 0.05) is 18.0 Å². The first-order valence-corrected chi connectivity index (χ1v) is 10.6. The minimum Gasteiger partial charge on any atom is -0.493 e. The molecule has 2 aromatic carbocycles. The number of thioether (sulfide) groups is 1. The lowest BCUT2D eigenvalue weighted by Gasteiger charge is -2.13. The monoisotopic (exact) mass is 450 g/mol. The van der Waals surface area contributed by atoms with E-state index in [4.69, 9.17) is 9.47 Å². The number of imide groups is 1. The third kappa shape index (κ3) is 4.81. The first-order chi connectivity index (χ1) is 15.5. The van der Waals surface area contributed by atoms with Crippen molar-refractivity contribution >= 4 is 29.0 Å². The van der Waals surface area contributed by atoms with Crippen LogP contribution in [0, 0.1) is 5.82 Å². The zero-order chi connectivity index (χ0) is 22.5. The van der Waals surface area contributed by atoms with Gasteiger partial charge in [-0.15, -0.1) is 0 Å². The third-order valence-electron chi connectivity index (χ3n) is 4.79. The zero-order valence-corrected chi connectivity index (χ0v) is 18.0. The van der Waals surface area contributed by atoms with Crippen LogP contribution in [0.2, 0.25) is 0 Å². The molecule has 2 heterocycles. The number of nitrogens with zero attached hydrogens (tertiary/aromatic N) is 2. The molecule has 162 valence electrons. The molecule has 1 aromatic heterocycles. The van der Waals surface area contributed by atoms with Crippen LogP contribution in [0.4, 0.5) is 9.18 Å². The van der Waals surface area contributed by atoms with E-state index in [-0.39, 0.29) is 17.0 Å². The normalized spacial score (nSPS) is 14.8. The standard InChI is InChI=1S/C24H19FN2O4S/c1-30-21-12-17(6-7-20(21)31-15-16-8-10-26-11-9-16)13-22-23(28)27(24(29)32-22)14-18-4-2-3-5-19(18)25/h2-13H,14-15H2,1H3/b22-13-. The molecule has 1 fully saturated rings. The Morgan fingerprint density at radius 1 is 1.06 bits per heavy atom. The maximum absolute atomic E-state index is 13.9. The van der Waals surface area contributed by atoms with Gasteiger partial charge in [0.05, 0.1) is 18.6 Å². The van der Waals surface area contributed by atoms with E-state index >= 15 is 0 Å². The van der Waals surface area contributed by atoms with Crippen molar-refractivity contribution < 1.29 is 23.5 Å². The van der Waals surface area contributed by atoms with Gasteiger partial charge in [-0.25, -0.2) is 4.39 Å². The topological polar surface area (TPSA) is 68.7 Å². The smallest absolute Gasteiger partial charge is 0.293 e. The number of benzene rings is 2. The molecule has 32 heavy (non-hydrogen) atoms. The van der Waals surface area contributed by atoms with Crippen LogP contribution in [0.5, 0.6) is 11.5 Å². The summed E-state index contributed by atoms with van der Waals surface area (Å²) in [6, 6.07) is 15.0. The van der Waals surface area contributed by atoms with Crippen molar-refractivity contribution in [3.63, 3.8) is 0 Å². The predicted molar refractivity (Wildman–Crippen MR) is 119 cm³/mol. The fourth-order valence-electron chi connectivity index (χ4n) is 3.12. The zero-order valence-electron chi connectivity index (χ0n) is 17.2. The van der Waals surface area contributed by atoms with Gasteiger partial charge in [-0.1, -0.05) is 24.3 Å². The quantitative estimate of drug-likeness (QED) is 0.470. The van der Waals surface area contributed by atoms with E-state index in [0.29, 0.717) is 23.7 Å². The Morgan fingerprint density at radius 3 is 2.59 bits per heavy atom. The summed E-state index contributed by atoms with van der Waals surface area (Å²) in [5.74, 6) is 0.135. The molecular weight excluding hydrogens is 431 g/mol. The van der Waals surface area contributed by atoms with E-state index in [0.717, 1.165) is 22.2 Å². The lowest BCUT2D eigenvalue weighted by molar-refractivity contribution is -0.123. The van der Waals surface area contributed by atoms with Crippen LogP contribution in [0.3, 0.4) is 0 Å². The number of aromatic nitrogens is 1. The van der Waals surface area contributed by atoms with E-state index < -0.39 is 17.0 Å². The molecule has 3 aromatic rings. The number of ether oxygens (including phenoxy) is 2. The maximum Gasteiger partial charge on any atom is 0.293 e. The summed E-state index contributed by atoms with van der Waals surface area (Å²) < 4.78 is 25.2. The second kappa shape index (κ2) is 9.65. The number of carbonyl (C=O) groups excluding carboxylic acids is 2. The molecule has 4 rings (SSSR count). The van der Waals surface area contributed by atoms with Crippen molar-refractivity contribution in [3.8, 4) is 11.5 Å². The number of carbonyl (C=O) groups is 2. The number of pyridine rings is 1. The van der Waals surface area contributed by atoms with Gasteiger partial charge in [0.25, 0.3) is 11.1 Å². The first-order valence-electron chi connectivity index (χ1n) is 9.73. The van der Waals surface area contributed by atoms with Crippen LogP contribution in [-0.4, -0.2) is 28.1 Å². The molecule has 0 spiro atoms. The minimum absolute atomic E-state index is 0.111. The summed E-state index contributed by atoms with van der Waals surface area (Å²) in [6.07, 6.45) is 5.00. The molecule has 0 radical (unpaired) electrons. The highest BCUT2D eigenvalue weighted by molar-refractivity contribution is 8.18. The molecule has 0 bridgehead atoms. The Bertz CT molecular complexity index is 1180. The Labute approximate surface area is 188 Å². The van der Waals surface area contributed by atoms with Crippen LogP contribution >= 0.6 is 11.8 Å². The number of rotatable bonds is 7. The summed E-state index contributed by atoms with van der Waals surface area (Å²) >= 11 is 0.825. The molecule has 1 aliphatic heterocycles. The molecule has 2 amide bonds. The van der Waals surface area contributed by atoms with Crippen LogP contribution in [-0.2, 0) is 17.9 Å². The number of methoxy groups -OCH3 is 1. The van der Waals surface area contributed by atoms with E-state index in [1.54, 1.807) is 54.9 Å². The molecule has 1 aliphatic rings. The summed E-state index contributed by atoms with van der Waals surface area (Å²) in [5, 5.41) is -0.436. The van der Waals surface area contributed by atoms with Crippen molar-refractivity contribution in [1.82, 2.24) is 9.88 Å². The largest absolute Gasteiger partial charge is 0.493 e. The van der Waals surface area contributed by atoms with Gasteiger partial charge < -0.3 is 9.47 Å². The number of amides is 2. The summed E-state index contributed by atoms with van der Waals surface area (Å²) in [7, 11) is 1.53. The Morgan fingerprint density at radius 2 is 1.84 bits per heavy atom. The second-order valence-electron chi connectivity index (χ2n) is 6.91. The number of hydrogen-bond donors (Lipinski definition) is 0. The van der Waals surface area contributed by atoms with E-state index in [2.05, 4.69) is 4.98 Å². The molecule has 6 nitrogen and oxygen atoms in total. The van der Waals surface area contributed by atoms with Crippen molar-refractivity contribution in [2.75, 3.05) is 7.11 Å². The van der Waals surface area contributed by atoms with E-state index in [1.165, 1.54) is 13.2 Å². The summed E-state index contributed by atoms with van der Waals surface area (Å²) in [4.78, 5) is 30.4. The van der Waals surface area contributed by atoms with Crippen molar-refractivity contribution in [3.05, 3.63) is 94.4 Å². The van der Waals surface area contributed by atoms with Gasteiger partial charge in [-0.2, -0.15) is 0 Å². The molecule has 0 aliphatic carbocycles. The second-order valence-corrected chi connectivity index (χ2v) is 7.91. The van der Waals surface area contributed by atoms with Gasteiger partial charge in [0.15, 0.2) is 11.5 Å². The fraction of sp³-hybridized carbons (Fsp3) is 0.125. The SMILES string of the molecule is COc1cc(/C=C2\SC(=O)N(Cc3ccccc3F)C2=O)ccc1OCc1ccncc1. The fourth-order valence-corrected chi connectivity index (χ4v) is 3.96. The average molecular weight is 450 g/mol. The first kappa shape index (κ1) is 21.6. The van der Waals surface area contributed by atoms with Gasteiger partial charge in [-0.05, 0) is 59.3 Å². The Balaban J connectivity index is 1.50. The lowest BCUT2D eigenvalue weighted by atomic mass is 10.1. The van der Waals surface area contributed by atoms with Gasteiger partial charge in [0.1, 0.15) is 12.4 Å². The predicted octanol–water partition coefficient (Wildman–Crippen LogP) is 5.04. The van der Waals surface area contributed by atoms with Gasteiger partial charge >= 0.3 is 0 Å². The van der Waals surface area contributed by atoms with Crippen molar-refractivity contribution in [2.24, 2.45) is 0 Å². The molecule has 0 saturated carbocycles. The van der Waals surface area contributed by atoms with E-state index in [1.807, 2.05) is 12.1 Å². The highest BCUT2D eigenvalue weighted by atomic mass is 32.2. The molecular formula is C24H19FN2O4S. The molecule has 8 heteroatoms. The number of halogens is 1. The maximum atomic E-state index is 13.9. The highest BCUT2D eigenvalue weighted by Crippen LogP contribution is 2.35. The molecule has 0 atom stereocenters. The van der Waals surface area contributed by atoms with Gasteiger partial charge in [-0.3, -0.25) is 19.5 Å². The lowest BCUT2D eigenvalue weighted by Crippen LogP contribution is -2.27. The minimum atomic E-state index is -0.458. The Hall–Kier alpha value is -3.65. The van der Waals surface area contributed by atoms with Gasteiger partial charge in [0.2, 0.25) is 0 Å². The van der Waals surface area contributed by atoms with Crippen LogP contribution in [0.25, 0.3) is 6.08 Å². The average Bonchev–Trinajstić information content (AvgIpc) is 3.07. The van der Waals surface area contributed by atoms with E-state index in [9.17, 15) is 14.0 Å². The molecule has 0 N–H and O–H groups in total. The molecule has 1 saturated heterocycles. The van der Waals surface area contributed by atoms with Crippen molar-refractivity contribution in [2.45, 2.75) is 13.2 Å². The molecule has 0 unspecified atom stereocenters. The Kier molecular flexibility index (Phi) is 6.51. The summed E-state index contributed by atoms with van der Waals surface area (Å²) in [6.45, 7) is 0.243. The number of hydrogen-bond acceptors (Lipinski definition) is 6. The van der Waals surface area contributed by atoms with Crippen LogP contribution in [0.1, 0.15) is 16.7 Å². The third-order valence-corrected chi connectivity index (χ3v) is 5.70. The van der Waals surface area contributed by atoms with Crippen molar-refractivity contribution in [1.29, 1.82) is 0 Å². The van der Waals surface area contributed by atoms with Crippen LogP contribution < -0.4 is 9.47 Å². The summed E-state index contributed by atoms with van der Waals surface area (Å²) in [5.41, 5.74) is 1.93.